The van der Waals surface area contributed by atoms with Gasteiger partial charge in [0.2, 0.25) is 0 Å². The summed E-state index contributed by atoms with van der Waals surface area (Å²) in [5, 5.41) is 2.61. The fourth-order valence-corrected chi connectivity index (χ4v) is 2.49. The number of halogens is 3. The van der Waals surface area contributed by atoms with Crippen molar-refractivity contribution in [1.82, 2.24) is 4.98 Å². The van der Waals surface area contributed by atoms with E-state index < -0.39 is 12.3 Å². The van der Waals surface area contributed by atoms with Crippen LogP contribution in [0.4, 0.5) is 18.9 Å². The molecule has 0 saturated carbocycles. The van der Waals surface area contributed by atoms with Crippen LogP contribution in [0.25, 0.3) is 11.3 Å². The molecule has 1 aromatic heterocycles. The number of carbonyl (C=O) groups is 1. The predicted octanol–water partition coefficient (Wildman–Crippen LogP) is 4.91. The Labute approximate surface area is 158 Å². The van der Waals surface area contributed by atoms with Crippen LogP contribution in [0.15, 0.2) is 66.9 Å². The standard InChI is InChI=1S/C20H15F3N2O3/c1-27-17-3-2-12-24-18(17)13-4-6-14(7-5-13)19(26)25-15-8-10-16(11-9-15)28-20(21,22)23/h2-12H,1H3,(H,25,26). The summed E-state index contributed by atoms with van der Waals surface area (Å²) in [5.41, 5.74) is 2.16. The molecule has 0 radical (unpaired) electrons. The van der Waals surface area contributed by atoms with Crippen LogP contribution in [0.3, 0.4) is 0 Å². The van der Waals surface area contributed by atoms with Gasteiger partial charge in [-0.2, -0.15) is 0 Å². The number of methoxy groups -OCH3 is 1. The monoisotopic (exact) mass is 388 g/mol. The third kappa shape index (κ3) is 4.79. The summed E-state index contributed by atoms with van der Waals surface area (Å²) in [6.45, 7) is 0. The maximum Gasteiger partial charge on any atom is 0.573 e. The van der Waals surface area contributed by atoms with Crippen molar-refractivity contribution < 1.29 is 27.4 Å². The van der Waals surface area contributed by atoms with Gasteiger partial charge in [-0.25, -0.2) is 0 Å². The number of hydrogen-bond donors (Lipinski definition) is 1. The molecular weight excluding hydrogens is 373 g/mol. The lowest BCUT2D eigenvalue weighted by Crippen LogP contribution is -2.17. The lowest BCUT2D eigenvalue weighted by Gasteiger charge is -2.10. The largest absolute Gasteiger partial charge is 0.573 e. The molecule has 0 unspecified atom stereocenters. The minimum atomic E-state index is -4.76. The summed E-state index contributed by atoms with van der Waals surface area (Å²) >= 11 is 0. The van der Waals surface area contributed by atoms with E-state index in [4.69, 9.17) is 4.74 Å². The van der Waals surface area contributed by atoms with Gasteiger partial charge in [0.25, 0.3) is 5.91 Å². The molecule has 8 heteroatoms. The molecule has 0 bridgehead atoms. The minimum absolute atomic E-state index is 0.343. The highest BCUT2D eigenvalue weighted by Crippen LogP contribution is 2.27. The van der Waals surface area contributed by atoms with Gasteiger partial charge in [0.15, 0.2) is 0 Å². The van der Waals surface area contributed by atoms with Gasteiger partial charge >= 0.3 is 6.36 Å². The van der Waals surface area contributed by atoms with E-state index in [1.807, 2.05) is 0 Å². The molecule has 0 fully saturated rings. The molecule has 28 heavy (non-hydrogen) atoms. The minimum Gasteiger partial charge on any atom is -0.494 e. The number of alkyl halides is 3. The molecule has 0 aliphatic carbocycles. The topological polar surface area (TPSA) is 60.5 Å². The van der Waals surface area contributed by atoms with Gasteiger partial charge in [-0.15, -0.1) is 13.2 Å². The number of benzene rings is 2. The number of aromatic nitrogens is 1. The number of amides is 1. The van der Waals surface area contributed by atoms with Crippen molar-refractivity contribution in [2.24, 2.45) is 0 Å². The number of anilines is 1. The van der Waals surface area contributed by atoms with E-state index in [2.05, 4.69) is 15.0 Å². The molecule has 3 aromatic rings. The normalized spacial score (nSPS) is 11.0. The molecule has 0 aliphatic heterocycles. The molecule has 5 nitrogen and oxygen atoms in total. The van der Waals surface area contributed by atoms with E-state index in [-0.39, 0.29) is 5.75 Å². The van der Waals surface area contributed by atoms with Crippen LogP contribution in [0, 0.1) is 0 Å². The number of hydrogen-bond acceptors (Lipinski definition) is 4. The van der Waals surface area contributed by atoms with Gasteiger partial charge in [0.1, 0.15) is 17.2 Å². The first kappa shape index (κ1) is 19.2. The maximum atomic E-state index is 12.3. The van der Waals surface area contributed by atoms with Gasteiger partial charge in [-0.3, -0.25) is 9.78 Å². The zero-order chi connectivity index (χ0) is 20.1. The molecule has 1 N–H and O–H groups in total. The summed E-state index contributed by atoms with van der Waals surface area (Å²) in [6.07, 6.45) is -3.12. The van der Waals surface area contributed by atoms with Gasteiger partial charge in [-0.1, -0.05) is 12.1 Å². The number of nitrogens with one attached hydrogen (secondary N) is 1. The highest BCUT2D eigenvalue weighted by Gasteiger charge is 2.30. The van der Waals surface area contributed by atoms with E-state index in [9.17, 15) is 18.0 Å². The third-order valence-electron chi connectivity index (χ3n) is 3.76. The third-order valence-corrected chi connectivity index (χ3v) is 3.76. The number of rotatable bonds is 5. The molecule has 144 valence electrons. The zero-order valence-electron chi connectivity index (χ0n) is 14.7. The Morgan fingerprint density at radius 3 is 2.29 bits per heavy atom. The van der Waals surface area contributed by atoms with Crippen molar-refractivity contribution in [1.29, 1.82) is 0 Å². The summed E-state index contributed by atoms with van der Waals surface area (Å²) < 4.78 is 45.6. The van der Waals surface area contributed by atoms with Crippen LogP contribution in [-0.2, 0) is 0 Å². The zero-order valence-corrected chi connectivity index (χ0v) is 14.7. The van der Waals surface area contributed by atoms with Gasteiger partial charge in [-0.05, 0) is 48.5 Å². The Morgan fingerprint density at radius 2 is 1.68 bits per heavy atom. The summed E-state index contributed by atoms with van der Waals surface area (Å²) in [5.74, 6) is -0.149. The quantitative estimate of drug-likeness (QED) is 0.675. The lowest BCUT2D eigenvalue weighted by molar-refractivity contribution is -0.274. The molecule has 0 saturated heterocycles. The Bertz CT molecular complexity index is 956. The van der Waals surface area contributed by atoms with E-state index in [0.717, 1.165) is 17.7 Å². The van der Waals surface area contributed by atoms with Crippen molar-refractivity contribution in [3.8, 4) is 22.8 Å². The lowest BCUT2D eigenvalue weighted by atomic mass is 10.1. The van der Waals surface area contributed by atoms with E-state index >= 15 is 0 Å². The number of ether oxygens (including phenoxy) is 2. The first-order valence-electron chi connectivity index (χ1n) is 8.12. The molecule has 1 amide bonds. The van der Waals surface area contributed by atoms with Crippen LogP contribution < -0.4 is 14.8 Å². The fraction of sp³-hybridized carbons (Fsp3) is 0.100. The van der Waals surface area contributed by atoms with Crippen LogP contribution in [0.1, 0.15) is 10.4 Å². The average Bonchev–Trinajstić information content (AvgIpc) is 2.68. The number of nitrogens with zero attached hydrogens (tertiary/aromatic N) is 1. The van der Waals surface area contributed by atoms with Crippen LogP contribution >= 0.6 is 0 Å². The second kappa shape index (κ2) is 7.99. The summed E-state index contributed by atoms with van der Waals surface area (Å²) in [4.78, 5) is 16.6. The molecule has 1 heterocycles. The van der Waals surface area contributed by atoms with Crippen molar-refractivity contribution in [3.05, 3.63) is 72.4 Å². The Morgan fingerprint density at radius 1 is 1.00 bits per heavy atom. The van der Waals surface area contributed by atoms with E-state index in [1.54, 1.807) is 49.7 Å². The maximum absolute atomic E-state index is 12.3. The molecule has 0 atom stereocenters. The average molecular weight is 388 g/mol. The van der Waals surface area contributed by atoms with E-state index in [1.165, 1.54) is 12.1 Å². The molecular formula is C20H15F3N2O3. The predicted molar refractivity (Wildman–Crippen MR) is 97.3 cm³/mol. The molecule has 3 rings (SSSR count). The molecule has 0 aliphatic rings. The van der Waals surface area contributed by atoms with Gasteiger partial charge < -0.3 is 14.8 Å². The summed E-state index contributed by atoms with van der Waals surface area (Å²) in [7, 11) is 1.55. The second-order valence-electron chi connectivity index (χ2n) is 5.66. The van der Waals surface area contributed by atoms with Crippen molar-refractivity contribution in [2.45, 2.75) is 6.36 Å². The van der Waals surface area contributed by atoms with Crippen molar-refractivity contribution in [3.63, 3.8) is 0 Å². The van der Waals surface area contributed by atoms with Crippen LogP contribution in [-0.4, -0.2) is 24.4 Å². The molecule has 2 aromatic carbocycles. The van der Waals surface area contributed by atoms with Crippen LogP contribution in [0.5, 0.6) is 11.5 Å². The Balaban J connectivity index is 1.70. The Kier molecular flexibility index (Phi) is 5.49. The Hall–Kier alpha value is -3.55. The molecule has 0 spiro atoms. The van der Waals surface area contributed by atoms with Gasteiger partial charge in [0.05, 0.1) is 7.11 Å². The van der Waals surface area contributed by atoms with Crippen molar-refractivity contribution >= 4 is 11.6 Å². The van der Waals surface area contributed by atoms with Gasteiger partial charge in [0, 0.05) is 23.0 Å². The first-order valence-corrected chi connectivity index (χ1v) is 8.12. The SMILES string of the molecule is COc1cccnc1-c1ccc(C(=O)Nc2ccc(OC(F)(F)F)cc2)cc1. The highest BCUT2D eigenvalue weighted by atomic mass is 19.4. The smallest absolute Gasteiger partial charge is 0.494 e. The van der Waals surface area contributed by atoms with E-state index in [0.29, 0.717) is 22.7 Å². The highest BCUT2D eigenvalue weighted by molar-refractivity contribution is 6.04. The second-order valence-corrected chi connectivity index (χ2v) is 5.66. The van der Waals surface area contributed by atoms with Crippen LogP contribution in [0.2, 0.25) is 0 Å². The number of carbonyl (C=O) groups excluding carboxylic acids is 1. The van der Waals surface area contributed by atoms with Crippen molar-refractivity contribution in [2.75, 3.05) is 12.4 Å². The fourth-order valence-electron chi connectivity index (χ4n) is 2.49. The number of pyridine rings is 1. The summed E-state index contributed by atoms with van der Waals surface area (Å²) in [6, 6.07) is 15.2. The first-order chi connectivity index (χ1) is 13.4.